The highest BCUT2D eigenvalue weighted by Crippen LogP contribution is 2.15. The Morgan fingerprint density at radius 2 is 2.50 bits per heavy atom. The van der Waals surface area contributed by atoms with Crippen molar-refractivity contribution in [1.29, 1.82) is 0 Å². The van der Waals surface area contributed by atoms with Crippen LogP contribution in [0, 0.1) is 0 Å². The van der Waals surface area contributed by atoms with E-state index in [9.17, 15) is 9.90 Å². The van der Waals surface area contributed by atoms with Crippen molar-refractivity contribution < 1.29 is 20.7 Å². The van der Waals surface area contributed by atoms with Gasteiger partial charge in [-0.05, 0) is 11.6 Å². The van der Waals surface area contributed by atoms with Gasteiger partial charge in [0, 0.05) is 6.42 Å². The molecular weight excluding hydrogens is 134 g/mol. The van der Waals surface area contributed by atoms with Crippen LogP contribution >= 0.6 is 0 Å². The van der Waals surface area contributed by atoms with Crippen molar-refractivity contribution in [3.8, 4) is 0 Å². The Hall–Kier alpha value is -0.870. The predicted molar refractivity (Wildman–Crippen MR) is 30.4 cm³/mol. The van der Waals surface area contributed by atoms with Crippen LogP contribution in [0.2, 0.25) is 0 Å². The fourth-order valence-corrected chi connectivity index (χ4v) is 0.965. The molecule has 0 unspecified atom stereocenters. The Morgan fingerprint density at radius 1 is 1.90 bits per heavy atom. The quantitative estimate of drug-likeness (QED) is 0.411. The summed E-state index contributed by atoms with van der Waals surface area (Å²) in [7, 11) is 0. The van der Waals surface area contributed by atoms with Gasteiger partial charge in [-0.25, -0.2) is 0 Å². The largest absolute Gasteiger partial charge is 0.545 e. The fraction of sp³-hybridized carbons (Fsp3) is 0.500. The molecule has 0 radical (unpaired) electrons. The summed E-state index contributed by atoms with van der Waals surface area (Å²) in [5.41, 5.74) is 3.72. The summed E-state index contributed by atoms with van der Waals surface area (Å²) in [4.78, 5) is 10.2. The number of carboxylic acid groups (broad SMARTS) is 1. The normalized spacial score (nSPS) is 32.0. The van der Waals surface area contributed by atoms with Gasteiger partial charge in [-0.1, -0.05) is 0 Å². The van der Waals surface area contributed by atoms with Crippen molar-refractivity contribution in [2.75, 3.05) is 0 Å². The molecule has 0 aliphatic heterocycles. The number of hydrogen-bond donors (Lipinski definition) is 2. The molecule has 4 heteroatoms. The SMILES string of the molecule is [NH3+][C@H]1CC(C(=O)[O-])=C[C@H]1O. The average Bonchev–Trinajstić information content (AvgIpc) is 2.13. The molecule has 1 aliphatic carbocycles. The molecule has 1 rings (SSSR count). The van der Waals surface area contributed by atoms with Crippen molar-refractivity contribution in [2.24, 2.45) is 0 Å². The molecule has 0 aromatic carbocycles. The average molecular weight is 143 g/mol. The van der Waals surface area contributed by atoms with Gasteiger partial charge in [0.2, 0.25) is 0 Å². The lowest BCUT2D eigenvalue weighted by atomic mass is 10.2. The first-order valence-corrected chi connectivity index (χ1v) is 3.04. The van der Waals surface area contributed by atoms with Crippen molar-refractivity contribution in [1.82, 2.24) is 0 Å². The number of aliphatic hydroxyl groups is 1. The second kappa shape index (κ2) is 2.40. The van der Waals surface area contributed by atoms with Crippen LogP contribution in [-0.4, -0.2) is 23.2 Å². The lowest BCUT2D eigenvalue weighted by Gasteiger charge is -2.02. The van der Waals surface area contributed by atoms with Gasteiger partial charge in [0.25, 0.3) is 0 Å². The van der Waals surface area contributed by atoms with Crippen LogP contribution in [-0.2, 0) is 4.79 Å². The second-order valence-electron chi connectivity index (χ2n) is 2.43. The molecule has 0 fully saturated rings. The lowest BCUT2D eigenvalue weighted by Crippen LogP contribution is -2.64. The van der Waals surface area contributed by atoms with Crippen molar-refractivity contribution in [2.45, 2.75) is 18.6 Å². The molecule has 0 heterocycles. The van der Waals surface area contributed by atoms with E-state index in [4.69, 9.17) is 5.11 Å². The smallest absolute Gasteiger partial charge is 0.125 e. The number of rotatable bonds is 1. The zero-order valence-corrected chi connectivity index (χ0v) is 5.41. The standard InChI is InChI=1S/C6H9NO3/c7-4-1-3(6(9)10)2-5(4)8/h2,4-5,8H,1,7H2,(H,9,10)/t4-,5+/m0/s1. The number of quaternary nitrogens is 1. The zero-order chi connectivity index (χ0) is 7.72. The molecule has 0 bridgehead atoms. The monoisotopic (exact) mass is 143 g/mol. The van der Waals surface area contributed by atoms with Crippen molar-refractivity contribution >= 4 is 5.97 Å². The lowest BCUT2D eigenvalue weighted by molar-refractivity contribution is -0.430. The topological polar surface area (TPSA) is 88.0 Å². The highest BCUT2D eigenvalue weighted by atomic mass is 16.4. The van der Waals surface area contributed by atoms with Crippen LogP contribution in [0.1, 0.15) is 6.42 Å². The Labute approximate surface area is 58.0 Å². The molecule has 4 nitrogen and oxygen atoms in total. The van der Waals surface area contributed by atoms with Crippen LogP contribution in [0.5, 0.6) is 0 Å². The number of carboxylic acids is 1. The summed E-state index contributed by atoms with van der Waals surface area (Å²) in [5, 5.41) is 19.2. The van der Waals surface area contributed by atoms with Gasteiger partial charge >= 0.3 is 0 Å². The van der Waals surface area contributed by atoms with E-state index in [0.29, 0.717) is 6.42 Å². The van der Waals surface area contributed by atoms with Crippen molar-refractivity contribution in [3.63, 3.8) is 0 Å². The molecule has 0 aromatic rings. The van der Waals surface area contributed by atoms with Gasteiger partial charge in [-0.15, -0.1) is 0 Å². The first-order valence-electron chi connectivity index (χ1n) is 3.04. The summed E-state index contributed by atoms with van der Waals surface area (Å²) in [6.07, 6.45) is 0.879. The van der Waals surface area contributed by atoms with Gasteiger partial charge in [0.15, 0.2) is 0 Å². The molecule has 0 spiro atoms. The summed E-state index contributed by atoms with van der Waals surface area (Å²) < 4.78 is 0. The Bertz CT molecular complexity index is 187. The van der Waals surface area contributed by atoms with E-state index in [0.717, 1.165) is 0 Å². The molecular formula is C6H9NO3. The Balaban J connectivity index is 2.67. The molecule has 56 valence electrons. The highest BCUT2D eigenvalue weighted by molar-refractivity contribution is 5.85. The molecule has 1 aliphatic rings. The molecule has 10 heavy (non-hydrogen) atoms. The third-order valence-corrected chi connectivity index (χ3v) is 1.60. The zero-order valence-electron chi connectivity index (χ0n) is 5.41. The number of aliphatic hydroxyl groups excluding tert-OH is 1. The summed E-state index contributed by atoms with van der Waals surface area (Å²) >= 11 is 0. The second-order valence-corrected chi connectivity index (χ2v) is 2.43. The first-order chi connectivity index (χ1) is 4.61. The Morgan fingerprint density at radius 3 is 2.70 bits per heavy atom. The molecule has 2 atom stereocenters. The van der Waals surface area contributed by atoms with E-state index in [-0.39, 0.29) is 11.6 Å². The van der Waals surface area contributed by atoms with E-state index in [1.807, 2.05) is 0 Å². The molecule has 0 amide bonds. The molecule has 4 N–H and O–H groups in total. The van der Waals surface area contributed by atoms with E-state index in [1.165, 1.54) is 6.08 Å². The maximum Gasteiger partial charge on any atom is 0.125 e. The van der Waals surface area contributed by atoms with Gasteiger partial charge in [-0.2, -0.15) is 0 Å². The van der Waals surface area contributed by atoms with Gasteiger partial charge in [0.05, 0.1) is 5.97 Å². The first kappa shape index (κ1) is 7.24. The van der Waals surface area contributed by atoms with E-state index in [2.05, 4.69) is 5.73 Å². The van der Waals surface area contributed by atoms with Crippen LogP contribution < -0.4 is 10.8 Å². The van der Waals surface area contributed by atoms with Gasteiger partial charge < -0.3 is 20.7 Å². The molecule has 0 saturated heterocycles. The summed E-state index contributed by atoms with van der Waals surface area (Å²) in [5.74, 6) is -1.20. The summed E-state index contributed by atoms with van der Waals surface area (Å²) in [6, 6.07) is -0.229. The van der Waals surface area contributed by atoms with E-state index < -0.39 is 12.1 Å². The van der Waals surface area contributed by atoms with Crippen molar-refractivity contribution in [3.05, 3.63) is 11.6 Å². The van der Waals surface area contributed by atoms with Crippen LogP contribution in [0.4, 0.5) is 0 Å². The highest BCUT2D eigenvalue weighted by Gasteiger charge is 2.25. The van der Waals surface area contributed by atoms with E-state index in [1.54, 1.807) is 0 Å². The fourth-order valence-electron chi connectivity index (χ4n) is 0.965. The maximum absolute atomic E-state index is 10.2. The third-order valence-electron chi connectivity index (χ3n) is 1.60. The van der Waals surface area contributed by atoms with Crippen LogP contribution in [0.25, 0.3) is 0 Å². The maximum atomic E-state index is 10.2. The molecule has 0 aromatic heterocycles. The number of aliphatic carboxylic acids is 1. The number of carbonyl (C=O) groups is 1. The van der Waals surface area contributed by atoms with Gasteiger partial charge in [0.1, 0.15) is 12.1 Å². The predicted octanol–water partition coefficient (Wildman–Crippen LogP) is -2.96. The number of carbonyl (C=O) groups excluding carboxylic acids is 1. The minimum Gasteiger partial charge on any atom is -0.545 e. The summed E-state index contributed by atoms with van der Waals surface area (Å²) in [6.45, 7) is 0. The Kier molecular flexibility index (Phi) is 1.74. The minimum absolute atomic E-state index is 0.160. The molecule has 0 saturated carbocycles. The third kappa shape index (κ3) is 1.17. The van der Waals surface area contributed by atoms with Crippen LogP contribution in [0.15, 0.2) is 11.6 Å². The van der Waals surface area contributed by atoms with E-state index >= 15 is 0 Å². The van der Waals surface area contributed by atoms with Gasteiger partial charge in [-0.3, -0.25) is 0 Å². The minimum atomic E-state index is -1.20. The number of hydrogen-bond acceptors (Lipinski definition) is 3. The van der Waals surface area contributed by atoms with Crippen LogP contribution in [0.3, 0.4) is 0 Å².